The predicted molar refractivity (Wildman–Crippen MR) is 33.6 cm³/mol. The van der Waals surface area contributed by atoms with Crippen LogP contribution < -0.4 is 5.32 Å². The SMILES string of the molecule is C=CC[C@H](F)CNC. The van der Waals surface area contributed by atoms with Gasteiger partial charge in [0.05, 0.1) is 0 Å². The largest absolute Gasteiger partial charge is 0.317 e. The Kier molecular flexibility index (Phi) is 4.56. The highest BCUT2D eigenvalue weighted by atomic mass is 19.1. The van der Waals surface area contributed by atoms with Gasteiger partial charge in [-0.2, -0.15) is 0 Å². The van der Waals surface area contributed by atoms with Gasteiger partial charge in [0, 0.05) is 6.54 Å². The molecule has 0 bridgehead atoms. The van der Waals surface area contributed by atoms with Gasteiger partial charge in [0.1, 0.15) is 6.17 Å². The van der Waals surface area contributed by atoms with Gasteiger partial charge in [0.15, 0.2) is 0 Å². The van der Waals surface area contributed by atoms with Crippen LogP contribution in [-0.4, -0.2) is 19.8 Å². The fourth-order valence-electron chi connectivity index (χ4n) is 0.486. The summed E-state index contributed by atoms with van der Waals surface area (Å²) in [4.78, 5) is 0. The summed E-state index contributed by atoms with van der Waals surface area (Å²) in [6.45, 7) is 3.84. The normalized spacial score (nSPS) is 13.2. The van der Waals surface area contributed by atoms with Gasteiger partial charge in [0.2, 0.25) is 0 Å². The van der Waals surface area contributed by atoms with E-state index in [2.05, 4.69) is 11.9 Å². The first-order chi connectivity index (χ1) is 3.81. The lowest BCUT2D eigenvalue weighted by Crippen LogP contribution is -2.18. The summed E-state index contributed by atoms with van der Waals surface area (Å²) >= 11 is 0. The maximum absolute atomic E-state index is 12.3. The molecule has 0 aromatic heterocycles. The monoisotopic (exact) mass is 117 g/mol. The van der Waals surface area contributed by atoms with E-state index in [-0.39, 0.29) is 0 Å². The van der Waals surface area contributed by atoms with E-state index < -0.39 is 6.17 Å². The molecule has 2 heteroatoms. The Labute approximate surface area is 49.6 Å². The average molecular weight is 117 g/mol. The maximum Gasteiger partial charge on any atom is 0.116 e. The number of halogens is 1. The van der Waals surface area contributed by atoms with Crippen LogP contribution in [0.4, 0.5) is 4.39 Å². The fraction of sp³-hybridized carbons (Fsp3) is 0.667. The highest BCUT2D eigenvalue weighted by molar-refractivity contribution is 4.73. The van der Waals surface area contributed by atoms with Crippen LogP contribution in [0.15, 0.2) is 12.7 Å². The van der Waals surface area contributed by atoms with Crippen LogP contribution in [-0.2, 0) is 0 Å². The molecule has 0 aliphatic rings. The highest BCUT2D eigenvalue weighted by Gasteiger charge is 1.98. The Morgan fingerprint density at radius 1 is 1.88 bits per heavy atom. The van der Waals surface area contributed by atoms with Gasteiger partial charge >= 0.3 is 0 Å². The van der Waals surface area contributed by atoms with Gasteiger partial charge < -0.3 is 5.32 Å². The number of allylic oxidation sites excluding steroid dienone is 1. The molecule has 0 fully saturated rings. The molecule has 0 rings (SSSR count). The van der Waals surface area contributed by atoms with Gasteiger partial charge in [-0.15, -0.1) is 6.58 Å². The zero-order chi connectivity index (χ0) is 6.41. The number of hydrogen-bond acceptors (Lipinski definition) is 1. The number of alkyl halides is 1. The number of rotatable bonds is 4. The number of hydrogen-bond donors (Lipinski definition) is 1. The number of nitrogens with one attached hydrogen (secondary N) is 1. The highest BCUT2D eigenvalue weighted by Crippen LogP contribution is 1.94. The van der Waals surface area contributed by atoms with E-state index in [0.29, 0.717) is 13.0 Å². The Morgan fingerprint density at radius 3 is 2.88 bits per heavy atom. The first-order valence-corrected chi connectivity index (χ1v) is 2.70. The van der Waals surface area contributed by atoms with Crippen molar-refractivity contribution < 1.29 is 4.39 Å². The first kappa shape index (κ1) is 7.63. The second-order valence-electron chi connectivity index (χ2n) is 1.68. The Balaban J connectivity index is 3.03. The van der Waals surface area contributed by atoms with Crippen molar-refractivity contribution in [2.45, 2.75) is 12.6 Å². The molecule has 0 aromatic rings. The van der Waals surface area contributed by atoms with Crippen molar-refractivity contribution in [3.05, 3.63) is 12.7 Å². The summed E-state index contributed by atoms with van der Waals surface area (Å²) in [6, 6.07) is 0. The molecule has 0 saturated heterocycles. The minimum atomic E-state index is -0.766. The summed E-state index contributed by atoms with van der Waals surface area (Å²) in [7, 11) is 1.73. The smallest absolute Gasteiger partial charge is 0.116 e. The summed E-state index contributed by atoms with van der Waals surface area (Å²) in [5.41, 5.74) is 0. The van der Waals surface area contributed by atoms with E-state index in [1.165, 1.54) is 0 Å². The first-order valence-electron chi connectivity index (χ1n) is 2.70. The van der Waals surface area contributed by atoms with E-state index in [1.807, 2.05) is 0 Å². The molecule has 0 saturated carbocycles. The van der Waals surface area contributed by atoms with E-state index in [4.69, 9.17) is 0 Å². The molecule has 1 N–H and O–H groups in total. The minimum Gasteiger partial charge on any atom is -0.317 e. The third-order valence-corrected chi connectivity index (χ3v) is 0.848. The average Bonchev–Trinajstić information content (AvgIpc) is 1.68. The van der Waals surface area contributed by atoms with Gasteiger partial charge in [-0.3, -0.25) is 0 Å². The molecular formula is C6H12FN. The molecule has 0 radical (unpaired) electrons. The van der Waals surface area contributed by atoms with Crippen LogP contribution in [0.3, 0.4) is 0 Å². The van der Waals surface area contributed by atoms with Crippen LogP contribution in [0.25, 0.3) is 0 Å². The van der Waals surface area contributed by atoms with Crippen LogP contribution in [0.2, 0.25) is 0 Å². The van der Waals surface area contributed by atoms with Gasteiger partial charge in [-0.1, -0.05) is 6.08 Å². The zero-order valence-corrected chi connectivity index (χ0v) is 5.15. The topological polar surface area (TPSA) is 12.0 Å². The maximum atomic E-state index is 12.3. The Morgan fingerprint density at radius 2 is 2.50 bits per heavy atom. The van der Waals surface area contributed by atoms with Crippen molar-refractivity contribution in [1.29, 1.82) is 0 Å². The lowest BCUT2D eigenvalue weighted by atomic mass is 10.3. The molecule has 0 aliphatic heterocycles. The fourth-order valence-corrected chi connectivity index (χ4v) is 0.486. The molecule has 8 heavy (non-hydrogen) atoms. The van der Waals surface area contributed by atoms with Gasteiger partial charge in [-0.25, -0.2) is 4.39 Å². The second kappa shape index (κ2) is 4.78. The summed E-state index contributed by atoms with van der Waals surface area (Å²) < 4.78 is 12.3. The van der Waals surface area contributed by atoms with Gasteiger partial charge in [-0.05, 0) is 13.5 Å². The van der Waals surface area contributed by atoms with Crippen LogP contribution in [0, 0.1) is 0 Å². The lowest BCUT2D eigenvalue weighted by Gasteiger charge is -2.01. The summed E-state index contributed by atoms with van der Waals surface area (Å²) in [5.74, 6) is 0. The van der Waals surface area contributed by atoms with Crippen LogP contribution >= 0.6 is 0 Å². The van der Waals surface area contributed by atoms with Crippen molar-refractivity contribution in [2.75, 3.05) is 13.6 Å². The van der Waals surface area contributed by atoms with Gasteiger partial charge in [0.25, 0.3) is 0 Å². The van der Waals surface area contributed by atoms with Crippen LogP contribution in [0.5, 0.6) is 0 Å². The van der Waals surface area contributed by atoms with E-state index in [1.54, 1.807) is 13.1 Å². The van der Waals surface area contributed by atoms with Crippen molar-refractivity contribution in [3.63, 3.8) is 0 Å². The molecule has 0 aromatic carbocycles. The third kappa shape index (κ3) is 3.81. The Bertz CT molecular complexity index is 63.5. The molecule has 0 spiro atoms. The molecular weight excluding hydrogens is 105 g/mol. The molecule has 0 heterocycles. The molecule has 0 unspecified atom stereocenters. The standard InChI is InChI=1S/C6H12FN/c1-3-4-6(7)5-8-2/h3,6,8H,1,4-5H2,2H3/t6-/m0/s1. The summed E-state index contributed by atoms with van der Waals surface area (Å²) in [6.07, 6.45) is 1.26. The lowest BCUT2D eigenvalue weighted by molar-refractivity contribution is 0.329. The minimum absolute atomic E-state index is 0.423. The van der Waals surface area contributed by atoms with E-state index in [0.717, 1.165) is 0 Å². The molecule has 0 aliphatic carbocycles. The quantitative estimate of drug-likeness (QED) is 0.544. The van der Waals surface area contributed by atoms with Crippen molar-refractivity contribution in [1.82, 2.24) is 5.32 Å². The molecule has 1 atom stereocenters. The third-order valence-electron chi connectivity index (χ3n) is 0.848. The predicted octanol–water partition coefficient (Wildman–Crippen LogP) is 1.12. The Hall–Kier alpha value is -0.370. The van der Waals surface area contributed by atoms with Crippen LogP contribution in [0.1, 0.15) is 6.42 Å². The summed E-state index contributed by atoms with van der Waals surface area (Å²) in [5, 5.41) is 2.73. The molecule has 0 amide bonds. The van der Waals surface area contributed by atoms with Crippen molar-refractivity contribution >= 4 is 0 Å². The zero-order valence-electron chi connectivity index (χ0n) is 5.15. The molecule has 48 valence electrons. The molecule has 1 nitrogen and oxygen atoms in total. The van der Waals surface area contributed by atoms with Crippen molar-refractivity contribution in [2.24, 2.45) is 0 Å². The van der Waals surface area contributed by atoms with E-state index in [9.17, 15) is 4.39 Å². The second-order valence-corrected chi connectivity index (χ2v) is 1.68. The van der Waals surface area contributed by atoms with Crippen molar-refractivity contribution in [3.8, 4) is 0 Å². The van der Waals surface area contributed by atoms with E-state index >= 15 is 0 Å².